The maximum Gasteiger partial charge on any atom is 0.159 e. The zero-order valence-electron chi connectivity index (χ0n) is 14.0. The van der Waals surface area contributed by atoms with Gasteiger partial charge in [-0.25, -0.2) is 9.67 Å². The summed E-state index contributed by atoms with van der Waals surface area (Å²) in [7, 11) is 0. The van der Waals surface area contributed by atoms with E-state index in [0.717, 1.165) is 16.6 Å². The van der Waals surface area contributed by atoms with Gasteiger partial charge in [0.15, 0.2) is 5.65 Å². The maximum atomic E-state index is 10.4. The van der Waals surface area contributed by atoms with Crippen molar-refractivity contribution < 1.29 is 9.52 Å². The van der Waals surface area contributed by atoms with Gasteiger partial charge in [0.25, 0.3) is 0 Å². The summed E-state index contributed by atoms with van der Waals surface area (Å²) >= 11 is 6.31. The smallest absolute Gasteiger partial charge is 0.159 e. The van der Waals surface area contributed by atoms with Crippen LogP contribution in [0.4, 0.5) is 0 Å². The van der Waals surface area contributed by atoms with E-state index in [2.05, 4.69) is 15.4 Å². The molecular weight excluding hydrogens is 328 g/mol. The van der Waals surface area contributed by atoms with Gasteiger partial charge >= 0.3 is 0 Å². The molecule has 0 aliphatic heterocycles. The monoisotopic (exact) mass is 348 g/mol. The van der Waals surface area contributed by atoms with Gasteiger partial charge in [0.1, 0.15) is 16.5 Å². The molecule has 1 unspecified atom stereocenters. The van der Waals surface area contributed by atoms with E-state index in [4.69, 9.17) is 16.0 Å². The minimum Gasteiger partial charge on any atom is -0.466 e. The van der Waals surface area contributed by atoms with Crippen molar-refractivity contribution in [1.82, 2.24) is 20.1 Å². The number of pyridine rings is 1. The minimum atomic E-state index is -1.09. The SMILES string of the molecule is CC(C)n1ncc2cc(CNCC(C)(O)c3ccco3)c(Cl)nc21. The lowest BCUT2D eigenvalue weighted by molar-refractivity contribution is 0.0340. The molecule has 7 heteroatoms. The number of aliphatic hydroxyl groups is 1. The van der Waals surface area contributed by atoms with Gasteiger partial charge in [-0.3, -0.25) is 0 Å². The number of nitrogens with one attached hydrogen (secondary N) is 1. The summed E-state index contributed by atoms with van der Waals surface area (Å²) in [4.78, 5) is 4.47. The molecule has 3 rings (SSSR count). The highest BCUT2D eigenvalue weighted by Crippen LogP contribution is 2.23. The Bertz CT molecular complexity index is 825. The Labute approximate surface area is 145 Å². The number of fused-ring (bicyclic) bond motifs is 1. The number of halogens is 1. The maximum absolute atomic E-state index is 10.4. The second kappa shape index (κ2) is 6.55. The third kappa shape index (κ3) is 3.31. The van der Waals surface area contributed by atoms with E-state index in [1.165, 1.54) is 0 Å². The molecule has 0 spiro atoms. The molecule has 0 bridgehead atoms. The van der Waals surface area contributed by atoms with Gasteiger partial charge in [-0.05, 0) is 39.0 Å². The highest BCUT2D eigenvalue weighted by Gasteiger charge is 2.25. The first-order valence-electron chi connectivity index (χ1n) is 7.88. The van der Waals surface area contributed by atoms with Crippen molar-refractivity contribution >= 4 is 22.6 Å². The topological polar surface area (TPSA) is 76.1 Å². The van der Waals surface area contributed by atoms with E-state index >= 15 is 0 Å². The van der Waals surface area contributed by atoms with Gasteiger partial charge in [0, 0.05) is 30.1 Å². The van der Waals surface area contributed by atoms with Crippen molar-refractivity contribution in [3.63, 3.8) is 0 Å². The van der Waals surface area contributed by atoms with E-state index < -0.39 is 5.60 Å². The van der Waals surface area contributed by atoms with Crippen molar-refractivity contribution in [3.05, 3.63) is 47.1 Å². The summed E-state index contributed by atoms with van der Waals surface area (Å²) in [6.45, 7) is 6.63. The second-order valence-corrected chi connectivity index (χ2v) is 6.75. The number of furan rings is 1. The molecule has 2 N–H and O–H groups in total. The van der Waals surface area contributed by atoms with Crippen LogP contribution in [-0.2, 0) is 12.1 Å². The summed E-state index contributed by atoms with van der Waals surface area (Å²) < 4.78 is 7.12. The third-order valence-corrected chi connectivity index (χ3v) is 4.25. The normalized spacial score (nSPS) is 14.4. The lowest BCUT2D eigenvalue weighted by atomic mass is 10.0. The highest BCUT2D eigenvalue weighted by atomic mass is 35.5. The first-order valence-corrected chi connectivity index (χ1v) is 8.26. The largest absolute Gasteiger partial charge is 0.466 e. The Morgan fingerprint density at radius 3 is 2.92 bits per heavy atom. The number of hydrogen-bond donors (Lipinski definition) is 2. The van der Waals surface area contributed by atoms with Gasteiger partial charge in [-0.1, -0.05) is 11.6 Å². The predicted octanol–water partition coefficient (Wildman–Crippen LogP) is 3.26. The Kier molecular flexibility index (Phi) is 4.62. The second-order valence-electron chi connectivity index (χ2n) is 6.39. The van der Waals surface area contributed by atoms with Crippen LogP contribution in [0.15, 0.2) is 35.1 Å². The van der Waals surface area contributed by atoms with Crippen LogP contribution in [0.5, 0.6) is 0 Å². The van der Waals surface area contributed by atoms with Crippen molar-refractivity contribution in [2.45, 2.75) is 39.0 Å². The van der Waals surface area contributed by atoms with Crippen molar-refractivity contribution in [2.75, 3.05) is 6.54 Å². The fourth-order valence-electron chi connectivity index (χ4n) is 2.61. The number of aromatic nitrogens is 3. The lowest BCUT2D eigenvalue weighted by Crippen LogP contribution is -2.34. The van der Waals surface area contributed by atoms with Gasteiger partial charge in [0.2, 0.25) is 0 Å². The van der Waals surface area contributed by atoms with E-state index in [0.29, 0.717) is 24.0 Å². The van der Waals surface area contributed by atoms with Crippen LogP contribution >= 0.6 is 11.6 Å². The summed E-state index contributed by atoms with van der Waals surface area (Å²) in [6, 6.07) is 5.71. The Morgan fingerprint density at radius 2 is 2.25 bits per heavy atom. The Morgan fingerprint density at radius 1 is 1.46 bits per heavy atom. The van der Waals surface area contributed by atoms with Crippen molar-refractivity contribution in [1.29, 1.82) is 0 Å². The molecule has 0 aliphatic rings. The molecule has 24 heavy (non-hydrogen) atoms. The lowest BCUT2D eigenvalue weighted by Gasteiger charge is -2.21. The van der Waals surface area contributed by atoms with E-state index in [1.807, 2.05) is 24.6 Å². The first kappa shape index (κ1) is 17.0. The van der Waals surface area contributed by atoms with Crippen LogP contribution in [0.2, 0.25) is 5.15 Å². The van der Waals surface area contributed by atoms with Crippen LogP contribution in [0.25, 0.3) is 11.0 Å². The molecule has 0 aromatic carbocycles. The van der Waals surface area contributed by atoms with Crippen LogP contribution < -0.4 is 5.32 Å². The number of nitrogens with zero attached hydrogens (tertiary/aromatic N) is 3. The zero-order valence-corrected chi connectivity index (χ0v) is 14.7. The number of rotatable bonds is 6. The fraction of sp³-hybridized carbons (Fsp3) is 0.412. The average molecular weight is 349 g/mol. The molecular formula is C17H21ClN4O2. The Balaban J connectivity index is 1.73. The summed E-state index contributed by atoms with van der Waals surface area (Å²) in [5.74, 6) is 0.521. The quantitative estimate of drug-likeness (QED) is 0.669. The zero-order chi connectivity index (χ0) is 17.3. The Hall–Kier alpha value is -1.89. The number of hydrogen-bond acceptors (Lipinski definition) is 5. The van der Waals surface area contributed by atoms with Crippen molar-refractivity contribution in [3.8, 4) is 0 Å². The molecule has 3 aromatic rings. The first-order chi connectivity index (χ1) is 11.4. The summed E-state index contributed by atoms with van der Waals surface area (Å²) in [5.41, 5.74) is 0.555. The average Bonchev–Trinajstić information content (AvgIpc) is 3.16. The van der Waals surface area contributed by atoms with Gasteiger partial charge < -0.3 is 14.8 Å². The van der Waals surface area contributed by atoms with Gasteiger partial charge in [-0.15, -0.1) is 0 Å². The molecule has 0 amide bonds. The molecule has 128 valence electrons. The van der Waals surface area contributed by atoms with E-state index in [1.54, 1.807) is 31.5 Å². The van der Waals surface area contributed by atoms with Crippen molar-refractivity contribution in [2.24, 2.45) is 0 Å². The van der Waals surface area contributed by atoms with Crippen LogP contribution in [0.3, 0.4) is 0 Å². The minimum absolute atomic E-state index is 0.221. The molecule has 0 radical (unpaired) electrons. The predicted molar refractivity (Wildman–Crippen MR) is 92.9 cm³/mol. The summed E-state index contributed by atoms with van der Waals surface area (Å²) in [5, 5.41) is 19.4. The summed E-state index contributed by atoms with van der Waals surface area (Å²) in [6.07, 6.45) is 3.34. The fourth-order valence-corrected chi connectivity index (χ4v) is 2.81. The molecule has 0 fully saturated rings. The highest BCUT2D eigenvalue weighted by molar-refractivity contribution is 6.30. The van der Waals surface area contributed by atoms with E-state index in [9.17, 15) is 5.11 Å². The molecule has 1 atom stereocenters. The third-order valence-electron chi connectivity index (χ3n) is 3.92. The van der Waals surface area contributed by atoms with Crippen LogP contribution in [0, 0.1) is 0 Å². The van der Waals surface area contributed by atoms with Gasteiger partial charge in [0.05, 0.1) is 12.5 Å². The van der Waals surface area contributed by atoms with Gasteiger partial charge in [-0.2, -0.15) is 5.10 Å². The van der Waals surface area contributed by atoms with E-state index in [-0.39, 0.29) is 6.04 Å². The standard InChI is InChI=1S/C17H21ClN4O2/c1-11(2)22-16-13(9-20-22)7-12(15(18)21-16)8-19-10-17(3,23)14-5-4-6-24-14/h4-7,9,11,19,23H,8,10H2,1-3H3. The van der Waals surface area contributed by atoms with Crippen LogP contribution in [0.1, 0.15) is 38.1 Å². The van der Waals surface area contributed by atoms with Crippen LogP contribution in [-0.4, -0.2) is 26.4 Å². The molecule has 6 nitrogen and oxygen atoms in total. The molecule has 0 saturated heterocycles. The molecule has 3 aromatic heterocycles. The molecule has 3 heterocycles. The molecule has 0 saturated carbocycles. The molecule has 0 aliphatic carbocycles.